The molecule has 6 heteroatoms. The van der Waals surface area contributed by atoms with Crippen LogP contribution >= 0.6 is 0 Å². The van der Waals surface area contributed by atoms with Crippen molar-refractivity contribution in [2.24, 2.45) is 0 Å². The molecule has 0 aliphatic carbocycles. The number of fused-ring (bicyclic) bond motifs is 9. The average molecular weight is 800 g/mol. The molecule has 2 aliphatic heterocycles. The molecule has 0 atom stereocenters. The third kappa shape index (κ3) is 5.52. The van der Waals surface area contributed by atoms with Gasteiger partial charge in [-0.2, -0.15) is 0 Å². The summed E-state index contributed by atoms with van der Waals surface area (Å²) in [5.41, 5.74) is 14.0. The smallest absolute Gasteiger partial charge is 0.257 e. The van der Waals surface area contributed by atoms with Gasteiger partial charge in [0.25, 0.3) is 6.71 Å². The van der Waals surface area contributed by atoms with Crippen LogP contribution in [0.5, 0.6) is 11.5 Å². The first-order valence-electron chi connectivity index (χ1n) is 21.2. The van der Waals surface area contributed by atoms with Gasteiger partial charge in [-0.1, -0.05) is 146 Å². The standard InChI is InChI=1S/C55H42BN3OSi/c1-61(2,3)41-32-50-55-53(33-41)60-52-36-49-45(43-29-18-19-31-47(43)58(49)39-24-12-6-13-25-39)34-46(52)56(55)54-44-30-17-16-28-42(44)48(35-51(54)59(50)40-26-14-7-15-27-40)57(37-20-8-4-9-21-37)38-22-10-5-11-23-38/h4-36H,1-3H3. The minimum Gasteiger partial charge on any atom is -0.458 e. The van der Waals surface area contributed by atoms with Crippen molar-refractivity contribution in [3.8, 4) is 17.2 Å². The fraction of sp³-hybridized carbons (Fsp3) is 0.0545. The topological polar surface area (TPSA) is 20.6 Å². The molecular weight excluding hydrogens is 758 g/mol. The predicted molar refractivity (Wildman–Crippen MR) is 262 cm³/mol. The fourth-order valence-electron chi connectivity index (χ4n) is 9.96. The molecule has 2 aliphatic rings. The monoisotopic (exact) mass is 799 g/mol. The summed E-state index contributed by atoms with van der Waals surface area (Å²) in [4.78, 5) is 4.94. The molecule has 1 aromatic heterocycles. The Balaban J connectivity index is 1.22. The van der Waals surface area contributed by atoms with E-state index < -0.39 is 8.07 Å². The van der Waals surface area contributed by atoms with E-state index in [2.05, 4.69) is 234 Å². The van der Waals surface area contributed by atoms with Gasteiger partial charge in [0.15, 0.2) is 0 Å². The molecule has 0 radical (unpaired) electrons. The molecule has 12 rings (SSSR count). The minimum absolute atomic E-state index is 0.0940. The molecule has 3 heterocycles. The number of rotatable bonds is 6. The summed E-state index contributed by atoms with van der Waals surface area (Å²) in [5, 5.41) is 6.23. The Labute approximate surface area is 357 Å². The summed E-state index contributed by atoms with van der Waals surface area (Å²) >= 11 is 0. The van der Waals surface area contributed by atoms with Gasteiger partial charge < -0.3 is 19.1 Å². The van der Waals surface area contributed by atoms with Gasteiger partial charge in [0.05, 0.1) is 24.8 Å². The third-order valence-electron chi connectivity index (χ3n) is 12.7. The zero-order chi connectivity index (χ0) is 40.8. The first-order valence-corrected chi connectivity index (χ1v) is 24.7. The first-order chi connectivity index (χ1) is 29.9. The second kappa shape index (κ2) is 13.6. The Morgan fingerprint density at radius 2 is 1.02 bits per heavy atom. The van der Waals surface area contributed by atoms with Crippen LogP contribution in [0.2, 0.25) is 19.6 Å². The van der Waals surface area contributed by atoms with Crippen molar-refractivity contribution in [3.05, 3.63) is 200 Å². The van der Waals surface area contributed by atoms with E-state index in [0.717, 1.165) is 45.5 Å². The number of ether oxygens (including phenoxy) is 1. The molecule has 61 heavy (non-hydrogen) atoms. The number of aromatic nitrogens is 1. The zero-order valence-electron chi connectivity index (χ0n) is 34.4. The van der Waals surface area contributed by atoms with Crippen LogP contribution in [0.25, 0.3) is 38.3 Å². The van der Waals surface area contributed by atoms with E-state index >= 15 is 0 Å². The summed E-state index contributed by atoms with van der Waals surface area (Å²) in [5.74, 6) is 1.86. The Hall–Kier alpha value is -7.28. The molecule has 0 saturated carbocycles. The zero-order valence-corrected chi connectivity index (χ0v) is 35.4. The average Bonchev–Trinajstić information content (AvgIpc) is 3.62. The van der Waals surface area contributed by atoms with Crippen molar-refractivity contribution in [1.82, 2.24) is 4.57 Å². The van der Waals surface area contributed by atoms with Crippen LogP contribution in [-0.4, -0.2) is 19.4 Å². The molecule has 10 aromatic rings. The maximum absolute atomic E-state index is 7.32. The molecule has 9 aromatic carbocycles. The third-order valence-corrected chi connectivity index (χ3v) is 14.7. The Bertz CT molecular complexity index is 3290. The number of hydrogen-bond donors (Lipinski definition) is 0. The highest BCUT2D eigenvalue weighted by Gasteiger charge is 2.45. The molecule has 0 amide bonds. The molecule has 290 valence electrons. The van der Waals surface area contributed by atoms with E-state index in [1.165, 1.54) is 60.0 Å². The van der Waals surface area contributed by atoms with E-state index in [1.54, 1.807) is 0 Å². The van der Waals surface area contributed by atoms with Gasteiger partial charge in [-0.3, -0.25) is 0 Å². The van der Waals surface area contributed by atoms with Crippen molar-refractivity contribution in [2.45, 2.75) is 19.6 Å². The Morgan fingerprint density at radius 1 is 0.459 bits per heavy atom. The van der Waals surface area contributed by atoms with Crippen molar-refractivity contribution >= 4 is 103 Å². The predicted octanol–water partition coefficient (Wildman–Crippen LogP) is 12.4. The normalized spacial score (nSPS) is 12.9. The quantitative estimate of drug-likeness (QED) is 0.156. The lowest BCUT2D eigenvalue weighted by molar-refractivity contribution is 0.488. The van der Waals surface area contributed by atoms with Crippen LogP contribution < -0.4 is 36.1 Å². The van der Waals surface area contributed by atoms with Crippen LogP contribution in [0.3, 0.4) is 0 Å². The van der Waals surface area contributed by atoms with Crippen LogP contribution in [-0.2, 0) is 0 Å². The summed E-state index contributed by atoms with van der Waals surface area (Å²) in [6.07, 6.45) is 0. The van der Waals surface area contributed by atoms with Gasteiger partial charge in [0.2, 0.25) is 0 Å². The summed E-state index contributed by atoms with van der Waals surface area (Å²) < 4.78 is 9.71. The van der Waals surface area contributed by atoms with Crippen molar-refractivity contribution < 1.29 is 4.74 Å². The maximum Gasteiger partial charge on any atom is 0.257 e. The molecule has 4 nitrogen and oxygen atoms in total. The van der Waals surface area contributed by atoms with Crippen LogP contribution in [0, 0.1) is 0 Å². The summed E-state index contributed by atoms with van der Waals surface area (Å²) in [6.45, 7) is 7.21. The number of anilines is 6. The number of para-hydroxylation sites is 5. The van der Waals surface area contributed by atoms with E-state index in [0.29, 0.717) is 0 Å². The molecule has 0 spiro atoms. The van der Waals surface area contributed by atoms with E-state index in [4.69, 9.17) is 4.74 Å². The molecular formula is C55H42BN3OSi. The minimum atomic E-state index is -1.85. The Morgan fingerprint density at radius 3 is 1.67 bits per heavy atom. The van der Waals surface area contributed by atoms with Crippen LogP contribution in [0.1, 0.15) is 0 Å². The van der Waals surface area contributed by atoms with E-state index in [1.807, 2.05) is 0 Å². The van der Waals surface area contributed by atoms with Gasteiger partial charge >= 0.3 is 0 Å². The van der Waals surface area contributed by atoms with Gasteiger partial charge in [-0.05, 0) is 94.6 Å². The Kier molecular flexibility index (Phi) is 7.97. The molecule has 0 bridgehead atoms. The van der Waals surface area contributed by atoms with Gasteiger partial charge in [0.1, 0.15) is 11.5 Å². The van der Waals surface area contributed by atoms with Crippen molar-refractivity contribution in [2.75, 3.05) is 9.80 Å². The second-order valence-corrected chi connectivity index (χ2v) is 22.4. The number of benzene rings is 9. The highest BCUT2D eigenvalue weighted by Crippen LogP contribution is 2.47. The first kappa shape index (κ1) is 35.6. The highest BCUT2D eigenvalue weighted by molar-refractivity contribution is 7.01. The van der Waals surface area contributed by atoms with Gasteiger partial charge in [-0.15, -0.1) is 0 Å². The van der Waals surface area contributed by atoms with E-state index in [-0.39, 0.29) is 6.71 Å². The van der Waals surface area contributed by atoms with Crippen molar-refractivity contribution in [1.29, 1.82) is 0 Å². The molecule has 0 unspecified atom stereocenters. The second-order valence-electron chi connectivity index (χ2n) is 17.3. The van der Waals surface area contributed by atoms with E-state index in [9.17, 15) is 0 Å². The molecule has 0 saturated heterocycles. The lowest BCUT2D eigenvalue weighted by Gasteiger charge is -2.42. The van der Waals surface area contributed by atoms with Crippen molar-refractivity contribution in [3.63, 3.8) is 0 Å². The molecule has 0 fully saturated rings. The van der Waals surface area contributed by atoms with Gasteiger partial charge in [0, 0.05) is 56.3 Å². The SMILES string of the molecule is C[Si](C)(C)c1cc2c3c(c1)N(c1ccccc1)c1cc(N(c4ccccc4)c4ccccc4)c4ccccc4c1B3c1cc3c4ccccc4n(-c4ccccc4)c3cc1O2. The largest absolute Gasteiger partial charge is 0.458 e. The number of hydrogen-bond acceptors (Lipinski definition) is 3. The summed E-state index contributed by atoms with van der Waals surface area (Å²) in [7, 11) is -1.85. The van der Waals surface area contributed by atoms with Crippen LogP contribution in [0.15, 0.2) is 200 Å². The summed E-state index contributed by atoms with van der Waals surface area (Å²) in [6, 6.07) is 73.1. The van der Waals surface area contributed by atoms with Gasteiger partial charge in [-0.25, -0.2) is 0 Å². The lowest BCUT2D eigenvalue weighted by Crippen LogP contribution is -2.60. The maximum atomic E-state index is 7.32. The molecule has 0 N–H and O–H groups in total. The fourth-order valence-corrected chi connectivity index (χ4v) is 11.1. The lowest BCUT2D eigenvalue weighted by atomic mass is 9.33. The highest BCUT2D eigenvalue weighted by atomic mass is 28.3. The number of nitrogens with zero attached hydrogens (tertiary/aromatic N) is 3. The van der Waals surface area contributed by atoms with Crippen LogP contribution in [0.4, 0.5) is 34.1 Å².